The molecule has 2 aromatic rings. The van der Waals surface area contributed by atoms with Gasteiger partial charge in [-0.2, -0.15) is 0 Å². The van der Waals surface area contributed by atoms with Crippen molar-refractivity contribution in [1.29, 1.82) is 0 Å². The van der Waals surface area contributed by atoms with Crippen LogP contribution in [0.1, 0.15) is 58.4 Å². The summed E-state index contributed by atoms with van der Waals surface area (Å²) in [5.41, 5.74) is 0.417. The van der Waals surface area contributed by atoms with Crippen molar-refractivity contribution in [3.63, 3.8) is 0 Å². The van der Waals surface area contributed by atoms with Crippen LogP contribution in [0.15, 0.2) is 52.3 Å². The lowest BCUT2D eigenvalue weighted by Gasteiger charge is -2.22. The fraction of sp³-hybridized carbons (Fsp3) is 0.300. The maximum atomic E-state index is 12.9. The van der Waals surface area contributed by atoms with Crippen LogP contribution < -0.4 is 0 Å². The van der Waals surface area contributed by atoms with Crippen molar-refractivity contribution >= 4 is 21.6 Å². The Labute approximate surface area is 151 Å². The molecule has 1 heterocycles. The molecule has 0 bridgehead atoms. The number of benzene rings is 2. The number of rotatable bonds is 2. The maximum absolute atomic E-state index is 12.9. The summed E-state index contributed by atoms with van der Waals surface area (Å²) < 4.78 is 31.3. The molecule has 1 saturated carbocycles. The monoisotopic (exact) mass is 370 g/mol. The zero-order valence-electron chi connectivity index (χ0n) is 14.1. The zero-order chi connectivity index (χ0) is 18.3. The Morgan fingerprint density at radius 1 is 0.923 bits per heavy atom. The summed E-state index contributed by atoms with van der Waals surface area (Å²) in [4.78, 5) is 24.9. The number of carbonyl (C=O) groups is 2. The first-order valence-corrected chi connectivity index (χ1v) is 10.2. The lowest BCUT2D eigenvalue weighted by molar-refractivity contribution is 0.0210. The van der Waals surface area contributed by atoms with Crippen LogP contribution in [0.3, 0.4) is 0 Å². The number of hydrogen-bond donors (Lipinski definition) is 0. The average molecular weight is 370 g/mol. The van der Waals surface area contributed by atoms with Gasteiger partial charge in [-0.05, 0) is 56.0 Å². The second-order valence-electron chi connectivity index (χ2n) is 6.70. The summed E-state index contributed by atoms with van der Waals surface area (Å²) in [6.45, 7) is 0. The van der Waals surface area contributed by atoms with Crippen molar-refractivity contribution in [1.82, 2.24) is 0 Å². The Kier molecular flexibility index (Phi) is 4.15. The normalized spacial score (nSPS) is 18.7. The maximum Gasteiger partial charge on any atom is 0.338 e. The van der Waals surface area contributed by atoms with Gasteiger partial charge >= 0.3 is 5.97 Å². The fourth-order valence-corrected chi connectivity index (χ4v) is 5.29. The molecule has 5 nitrogen and oxygen atoms in total. The lowest BCUT2D eigenvalue weighted by atomic mass is 9.97. The Balaban J connectivity index is 1.71. The van der Waals surface area contributed by atoms with Gasteiger partial charge in [0, 0.05) is 11.1 Å². The Hall–Kier alpha value is -2.47. The molecule has 0 saturated heterocycles. The molecule has 0 aromatic heterocycles. The van der Waals surface area contributed by atoms with E-state index < -0.39 is 15.8 Å². The van der Waals surface area contributed by atoms with E-state index in [9.17, 15) is 18.0 Å². The van der Waals surface area contributed by atoms with E-state index in [4.69, 9.17) is 4.74 Å². The predicted molar refractivity (Wildman–Crippen MR) is 94.1 cm³/mol. The van der Waals surface area contributed by atoms with Gasteiger partial charge in [0.05, 0.1) is 15.4 Å². The molecular weight excluding hydrogens is 352 g/mol. The van der Waals surface area contributed by atoms with E-state index in [-0.39, 0.29) is 38.4 Å². The highest BCUT2D eigenvalue weighted by Gasteiger charge is 2.35. The van der Waals surface area contributed by atoms with E-state index in [1.54, 1.807) is 12.1 Å². The molecule has 0 spiro atoms. The fourth-order valence-electron chi connectivity index (χ4n) is 3.61. The van der Waals surface area contributed by atoms with Crippen molar-refractivity contribution in [3.05, 3.63) is 59.2 Å². The molecule has 6 heteroatoms. The first-order valence-electron chi connectivity index (χ1n) is 8.72. The minimum atomic E-state index is -3.85. The molecule has 4 rings (SSSR count). The van der Waals surface area contributed by atoms with E-state index in [2.05, 4.69) is 0 Å². The molecule has 2 aliphatic rings. The first-order chi connectivity index (χ1) is 12.5. The summed E-state index contributed by atoms with van der Waals surface area (Å²) in [6.07, 6.45) is 4.75. The Bertz CT molecular complexity index is 1000. The van der Waals surface area contributed by atoms with Crippen molar-refractivity contribution in [2.75, 3.05) is 0 Å². The number of hydrogen-bond acceptors (Lipinski definition) is 5. The van der Waals surface area contributed by atoms with Crippen LogP contribution in [0.25, 0.3) is 0 Å². The van der Waals surface area contributed by atoms with Crippen LogP contribution in [0, 0.1) is 0 Å². The Morgan fingerprint density at radius 3 is 2.38 bits per heavy atom. The molecule has 1 aliphatic heterocycles. The van der Waals surface area contributed by atoms with Gasteiger partial charge in [0.25, 0.3) is 0 Å². The third-order valence-electron chi connectivity index (χ3n) is 5.00. The Morgan fingerprint density at radius 2 is 1.62 bits per heavy atom. The minimum absolute atomic E-state index is 0.0182. The molecule has 0 amide bonds. The topological polar surface area (TPSA) is 77.5 Å². The summed E-state index contributed by atoms with van der Waals surface area (Å²) in [5.74, 6) is -0.890. The number of sulfone groups is 1. The van der Waals surface area contributed by atoms with E-state index >= 15 is 0 Å². The largest absolute Gasteiger partial charge is 0.459 e. The highest BCUT2D eigenvalue weighted by atomic mass is 32.2. The number of esters is 1. The predicted octanol–water partition coefficient (Wildman–Crippen LogP) is 3.55. The van der Waals surface area contributed by atoms with Crippen LogP contribution in [-0.4, -0.2) is 26.3 Å². The summed E-state index contributed by atoms with van der Waals surface area (Å²) in [6, 6.07) is 10.3. The molecule has 0 unspecified atom stereocenters. The third-order valence-corrected chi connectivity index (χ3v) is 6.85. The summed E-state index contributed by atoms with van der Waals surface area (Å²) >= 11 is 0. The molecule has 2 aromatic carbocycles. The standard InChI is InChI=1S/C20H18O5S/c21-19-15-8-4-5-9-17(15)26(23,24)18-12-13(10-11-16(18)19)20(22)25-14-6-2-1-3-7-14/h4-5,8-12,14H,1-3,6-7H2. The van der Waals surface area contributed by atoms with Gasteiger partial charge < -0.3 is 4.74 Å². The van der Waals surface area contributed by atoms with Crippen molar-refractivity contribution in [2.24, 2.45) is 0 Å². The smallest absolute Gasteiger partial charge is 0.338 e. The molecule has 0 N–H and O–H groups in total. The van der Waals surface area contributed by atoms with Gasteiger partial charge in [-0.15, -0.1) is 0 Å². The van der Waals surface area contributed by atoms with Gasteiger partial charge in [-0.1, -0.05) is 18.6 Å². The third kappa shape index (κ3) is 2.74. The van der Waals surface area contributed by atoms with Gasteiger partial charge in [0.1, 0.15) is 6.10 Å². The van der Waals surface area contributed by atoms with Crippen LogP contribution >= 0.6 is 0 Å². The second kappa shape index (κ2) is 6.36. The van der Waals surface area contributed by atoms with E-state index in [1.165, 1.54) is 30.3 Å². The van der Waals surface area contributed by atoms with Crippen molar-refractivity contribution < 1.29 is 22.7 Å². The van der Waals surface area contributed by atoms with E-state index in [1.807, 2.05) is 0 Å². The van der Waals surface area contributed by atoms with Crippen LogP contribution in [-0.2, 0) is 14.6 Å². The SMILES string of the molecule is O=C(OC1CCCCC1)c1ccc2c(c1)S(=O)(=O)c1ccccc1C2=O. The van der Waals surface area contributed by atoms with Crippen LogP contribution in [0.5, 0.6) is 0 Å². The molecule has 1 fully saturated rings. The van der Waals surface area contributed by atoms with Gasteiger partial charge in [0.2, 0.25) is 9.84 Å². The first kappa shape index (κ1) is 17.0. The van der Waals surface area contributed by atoms with Gasteiger partial charge in [-0.25, -0.2) is 13.2 Å². The lowest BCUT2D eigenvalue weighted by Crippen LogP contribution is -2.23. The van der Waals surface area contributed by atoms with Crippen molar-refractivity contribution in [2.45, 2.75) is 48.0 Å². The van der Waals surface area contributed by atoms with Gasteiger partial charge in [0.15, 0.2) is 5.78 Å². The highest BCUT2D eigenvalue weighted by molar-refractivity contribution is 7.91. The highest BCUT2D eigenvalue weighted by Crippen LogP contribution is 2.35. The molecule has 26 heavy (non-hydrogen) atoms. The molecule has 134 valence electrons. The molecule has 1 aliphatic carbocycles. The minimum Gasteiger partial charge on any atom is -0.459 e. The number of carbonyl (C=O) groups excluding carboxylic acids is 2. The molecular formula is C20H18O5S. The quantitative estimate of drug-likeness (QED) is 0.645. The van der Waals surface area contributed by atoms with Crippen LogP contribution in [0.2, 0.25) is 0 Å². The molecule has 0 atom stereocenters. The van der Waals surface area contributed by atoms with E-state index in [0.717, 1.165) is 32.1 Å². The number of fused-ring (bicyclic) bond motifs is 2. The molecule has 0 radical (unpaired) electrons. The number of ether oxygens (including phenoxy) is 1. The number of ketones is 1. The second-order valence-corrected chi connectivity index (χ2v) is 8.59. The van der Waals surface area contributed by atoms with Crippen LogP contribution in [0.4, 0.5) is 0 Å². The summed E-state index contributed by atoms with van der Waals surface area (Å²) in [5, 5.41) is 0. The average Bonchev–Trinajstić information content (AvgIpc) is 2.67. The van der Waals surface area contributed by atoms with Crippen molar-refractivity contribution in [3.8, 4) is 0 Å². The van der Waals surface area contributed by atoms with Gasteiger partial charge in [-0.3, -0.25) is 4.79 Å². The zero-order valence-corrected chi connectivity index (χ0v) is 14.9. The summed E-state index contributed by atoms with van der Waals surface area (Å²) in [7, 11) is -3.85. The van der Waals surface area contributed by atoms with E-state index in [0.29, 0.717) is 0 Å².